The summed E-state index contributed by atoms with van der Waals surface area (Å²) in [6.07, 6.45) is -4.78. The first-order chi connectivity index (χ1) is 9.33. The standard InChI is InChI=1S/C13H14F3NO3/c1-3-19-12(18)9(2)8-17-10-6-4-5-7-11(10)20-13(14,15)16/h4-7,17H,2-3,8H2,1H3. The van der Waals surface area contributed by atoms with E-state index in [9.17, 15) is 18.0 Å². The first-order valence-electron chi connectivity index (χ1n) is 5.77. The van der Waals surface area contributed by atoms with Crippen LogP contribution in [0.15, 0.2) is 36.4 Å². The summed E-state index contributed by atoms with van der Waals surface area (Å²) in [5.41, 5.74) is 0.212. The predicted octanol–water partition coefficient (Wildman–Crippen LogP) is 3.12. The van der Waals surface area contributed by atoms with Crippen LogP contribution in [0.3, 0.4) is 0 Å². The number of rotatable bonds is 6. The third-order valence-electron chi connectivity index (χ3n) is 2.17. The monoisotopic (exact) mass is 289 g/mol. The first kappa shape index (κ1) is 15.9. The summed E-state index contributed by atoms with van der Waals surface area (Å²) in [4.78, 5) is 11.3. The van der Waals surface area contributed by atoms with Crippen LogP contribution in [0, 0.1) is 0 Å². The number of ether oxygens (including phenoxy) is 2. The molecule has 0 aliphatic heterocycles. The molecule has 0 radical (unpaired) electrons. The summed E-state index contributed by atoms with van der Waals surface area (Å²) in [5.74, 6) is -0.981. The highest BCUT2D eigenvalue weighted by atomic mass is 19.4. The van der Waals surface area contributed by atoms with E-state index >= 15 is 0 Å². The number of carbonyl (C=O) groups excluding carboxylic acids is 1. The van der Waals surface area contributed by atoms with E-state index in [4.69, 9.17) is 4.74 Å². The molecule has 0 unspecified atom stereocenters. The lowest BCUT2D eigenvalue weighted by atomic mass is 10.2. The van der Waals surface area contributed by atoms with Crippen LogP contribution in [0.25, 0.3) is 0 Å². The average molecular weight is 289 g/mol. The van der Waals surface area contributed by atoms with Gasteiger partial charge in [0.2, 0.25) is 0 Å². The van der Waals surface area contributed by atoms with Crippen molar-refractivity contribution in [3.63, 3.8) is 0 Å². The van der Waals surface area contributed by atoms with Crippen molar-refractivity contribution in [1.29, 1.82) is 0 Å². The van der Waals surface area contributed by atoms with Crippen molar-refractivity contribution in [3.8, 4) is 5.75 Å². The molecule has 4 nitrogen and oxygen atoms in total. The zero-order valence-corrected chi connectivity index (χ0v) is 10.8. The van der Waals surface area contributed by atoms with Crippen LogP contribution in [-0.2, 0) is 9.53 Å². The van der Waals surface area contributed by atoms with Gasteiger partial charge < -0.3 is 14.8 Å². The minimum absolute atomic E-state index is 0.0446. The first-order valence-corrected chi connectivity index (χ1v) is 5.77. The van der Waals surface area contributed by atoms with Crippen molar-refractivity contribution in [2.75, 3.05) is 18.5 Å². The molecule has 0 aliphatic rings. The van der Waals surface area contributed by atoms with Crippen LogP contribution in [0.1, 0.15) is 6.92 Å². The molecule has 0 fully saturated rings. The zero-order valence-electron chi connectivity index (χ0n) is 10.8. The van der Waals surface area contributed by atoms with Crippen molar-refractivity contribution in [2.45, 2.75) is 13.3 Å². The number of anilines is 1. The molecule has 0 spiro atoms. The van der Waals surface area contributed by atoms with E-state index in [1.54, 1.807) is 13.0 Å². The number of para-hydroxylation sites is 2. The van der Waals surface area contributed by atoms with Crippen molar-refractivity contribution in [3.05, 3.63) is 36.4 Å². The van der Waals surface area contributed by atoms with Gasteiger partial charge in [0.05, 0.1) is 12.3 Å². The fourth-order valence-electron chi connectivity index (χ4n) is 1.33. The Labute approximate surface area is 114 Å². The second-order valence-corrected chi connectivity index (χ2v) is 3.72. The normalized spacial score (nSPS) is 10.8. The van der Waals surface area contributed by atoms with Crippen molar-refractivity contribution in [2.24, 2.45) is 0 Å². The van der Waals surface area contributed by atoms with Crippen LogP contribution >= 0.6 is 0 Å². The Bertz CT molecular complexity index is 486. The number of carbonyl (C=O) groups is 1. The van der Waals surface area contributed by atoms with Gasteiger partial charge in [0.25, 0.3) is 0 Å². The summed E-state index contributed by atoms with van der Waals surface area (Å²) in [5, 5.41) is 2.65. The number of hydrogen-bond donors (Lipinski definition) is 1. The van der Waals surface area contributed by atoms with Crippen molar-refractivity contribution >= 4 is 11.7 Å². The molecule has 1 rings (SSSR count). The Morgan fingerprint density at radius 2 is 2.00 bits per heavy atom. The molecule has 0 saturated carbocycles. The van der Waals surface area contributed by atoms with Crippen LogP contribution < -0.4 is 10.1 Å². The molecule has 0 saturated heterocycles. The lowest BCUT2D eigenvalue weighted by molar-refractivity contribution is -0.274. The fourth-order valence-corrected chi connectivity index (χ4v) is 1.33. The van der Waals surface area contributed by atoms with Crippen LogP contribution in [-0.4, -0.2) is 25.5 Å². The van der Waals surface area contributed by atoms with E-state index in [1.165, 1.54) is 18.2 Å². The van der Waals surface area contributed by atoms with Gasteiger partial charge in [-0.2, -0.15) is 0 Å². The Kier molecular flexibility index (Phi) is 5.42. The van der Waals surface area contributed by atoms with Gasteiger partial charge in [0.1, 0.15) is 0 Å². The average Bonchev–Trinajstić information content (AvgIpc) is 2.35. The zero-order chi connectivity index (χ0) is 15.2. The number of alkyl halides is 3. The maximum atomic E-state index is 12.2. The minimum Gasteiger partial charge on any atom is -0.463 e. The largest absolute Gasteiger partial charge is 0.573 e. The minimum atomic E-state index is -4.78. The van der Waals surface area contributed by atoms with Gasteiger partial charge in [-0.1, -0.05) is 18.7 Å². The molecular weight excluding hydrogens is 275 g/mol. The van der Waals surface area contributed by atoms with Gasteiger partial charge in [0.15, 0.2) is 5.75 Å². The maximum Gasteiger partial charge on any atom is 0.573 e. The Hall–Kier alpha value is -2.18. The summed E-state index contributed by atoms with van der Waals surface area (Å²) < 4.78 is 45.2. The number of hydrogen-bond acceptors (Lipinski definition) is 4. The van der Waals surface area contributed by atoms with Gasteiger partial charge in [-0.05, 0) is 19.1 Å². The lowest BCUT2D eigenvalue weighted by Crippen LogP contribution is -2.19. The quantitative estimate of drug-likeness (QED) is 0.645. The van der Waals surface area contributed by atoms with Gasteiger partial charge in [-0.25, -0.2) is 4.79 Å². The van der Waals surface area contributed by atoms with E-state index in [0.29, 0.717) is 0 Å². The van der Waals surface area contributed by atoms with E-state index < -0.39 is 12.3 Å². The van der Waals surface area contributed by atoms with E-state index in [1.807, 2.05) is 0 Å². The molecule has 0 bridgehead atoms. The van der Waals surface area contributed by atoms with Gasteiger partial charge in [0, 0.05) is 12.1 Å². The summed E-state index contributed by atoms with van der Waals surface area (Å²) >= 11 is 0. The number of esters is 1. The Morgan fingerprint density at radius 3 is 2.60 bits per heavy atom. The Balaban J connectivity index is 2.69. The second-order valence-electron chi connectivity index (χ2n) is 3.72. The maximum absolute atomic E-state index is 12.2. The van der Waals surface area contributed by atoms with Crippen molar-refractivity contribution in [1.82, 2.24) is 0 Å². The van der Waals surface area contributed by atoms with Gasteiger partial charge in [-0.15, -0.1) is 13.2 Å². The van der Waals surface area contributed by atoms with E-state index in [0.717, 1.165) is 0 Å². The predicted molar refractivity (Wildman–Crippen MR) is 67.4 cm³/mol. The molecule has 0 atom stereocenters. The molecule has 1 aromatic carbocycles. The molecule has 1 N–H and O–H groups in total. The SMILES string of the molecule is C=C(CNc1ccccc1OC(F)(F)F)C(=O)OCC. The molecule has 7 heteroatoms. The second kappa shape index (κ2) is 6.83. The van der Waals surface area contributed by atoms with Gasteiger partial charge in [-0.3, -0.25) is 0 Å². The van der Waals surface area contributed by atoms with Crippen LogP contribution in [0.2, 0.25) is 0 Å². The summed E-state index contributed by atoms with van der Waals surface area (Å²) in [6, 6.07) is 5.52. The number of nitrogens with one attached hydrogen (secondary N) is 1. The van der Waals surface area contributed by atoms with Crippen molar-refractivity contribution < 1.29 is 27.4 Å². The summed E-state index contributed by atoms with van der Waals surface area (Å²) in [6.45, 7) is 5.29. The highest BCUT2D eigenvalue weighted by Crippen LogP contribution is 2.29. The third-order valence-corrected chi connectivity index (χ3v) is 2.17. The smallest absolute Gasteiger partial charge is 0.463 e. The molecule has 0 aromatic heterocycles. The van der Waals surface area contributed by atoms with Crippen LogP contribution in [0.4, 0.5) is 18.9 Å². The summed E-state index contributed by atoms with van der Waals surface area (Å²) in [7, 11) is 0. The topological polar surface area (TPSA) is 47.6 Å². The number of halogens is 3. The Morgan fingerprint density at radius 1 is 1.35 bits per heavy atom. The molecule has 110 valence electrons. The van der Waals surface area contributed by atoms with E-state index in [-0.39, 0.29) is 30.2 Å². The highest BCUT2D eigenvalue weighted by Gasteiger charge is 2.32. The lowest BCUT2D eigenvalue weighted by Gasteiger charge is -2.14. The number of benzene rings is 1. The van der Waals surface area contributed by atoms with Gasteiger partial charge >= 0.3 is 12.3 Å². The molecule has 0 aliphatic carbocycles. The highest BCUT2D eigenvalue weighted by molar-refractivity contribution is 5.88. The molecule has 1 aromatic rings. The molecule has 0 heterocycles. The molecular formula is C13H14F3NO3. The fraction of sp³-hybridized carbons (Fsp3) is 0.308. The molecule has 0 amide bonds. The van der Waals surface area contributed by atoms with Crippen LogP contribution in [0.5, 0.6) is 5.75 Å². The van der Waals surface area contributed by atoms with E-state index in [2.05, 4.69) is 16.6 Å². The third kappa shape index (κ3) is 5.21. The molecule has 20 heavy (non-hydrogen) atoms.